The fourth-order valence-corrected chi connectivity index (χ4v) is 2.65. The van der Waals surface area contributed by atoms with Crippen molar-refractivity contribution in [3.63, 3.8) is 0 Å². The van der Waals surface area contributed by atoms with Crippen molar-refractivity contribution in [3.05, 3.63) is 35.4 Å². The first-order valence-electron chi connectivity index (χ1n) is 7.07. The number of hydrogen-bond donors (Lipinski definition) is 0. The van der Waals surface area contributed by atoms with Gasteiger partial charge in [-0.1, -0.05) is 33.8 Å². The van der Waals surface area contributed by atoms with Crippen LogP contribution in [0.25, 0.3) is 5.70 Å². The van der Waals surface area contributed by atoms with E-state index in [9.17, 15) is 13.6 Å². The predicted molar refractivity (Wildman–Crippen MR) is 86.7 cm³/mol. The van der Waals surface area contributed by atoms with Crippen molar-refractivity contribution in [2.45, 2.75) is 25.1 Å². The van der Waals surface area contributed by atoms with Gasteiger partial charge in [-0.3, -0.25) is 4.79 Å². The van der Waals surface area contributed by atoms with E-state index in [0.717, 1.165) is 12.1 Å². The molecule has 0 aromatic heterocycles. The fourth-order valence-electron chi connectivity index (χ4n) is 2.24. The molecule has 1 aromatic carbocycles. The maximum atomic E-state index is 14.4. The van der Waals surface area contributed by atoms with Crippen LogP contribution in [0.2, 0.25) is 0 Å². The van der Waals surface area contributed by atoms with Crippen LogP contribution >= 0.6 is 15.9 Å². The average Bonchev–Trinajstić information content (AvgIpc) is 2.50. The van der Waals surface area contributed by atoms with E-state index >= 15 is 0 Å². The molecule has 0 N–H and O–H groups in total. The standard InChI is InChI=1S/C17H15BrF2NO2.Y/c1-3-5-8-23-11-9-13(19)16(14(20)10-11)15-7-6-12(18)17(22)21(15)4-2;/h9-10,12H,4,6,8H2,1-2H3;/q-1;. The second-order valence-electron chi connectivity index (χ2n) is 4.76. The quantitative estimate of drug-likeness (QED) is 0.382. The zero-order valence-corrected chi connectivity index (χ0v) is 17.8. The van der Waals surface area contributed by atoms with Gasteiger partial charge in [0.15, 0.2) is 0 Å². The van der Waals surface area contributed by atoms with Crippen molar-refractivity contribution >= 4 is 27.5 Å². The zero-order valence-electron chi connectivity index (χ0n) is 13.3. The Morgan fingerprint density at radius 1 is 1.42 bits per heavy atom. The Morgan fingerprint density at radius 2 is 2.04 bits per heavy atom. The zero-order chi connectivity index (χ0) is 17.0. The van der Waals surface area contributed by atoms with Gasteiger partial charge in [-0.25, -0.2) is 14.9 Å². The molecule has 2 rings (SSSR count). The van der Waals surface area contributed by atoms with Gasteiger partial charge in [-0.05, 0) is 26.0 Å². The molecule has 0 saturated heterocycles. The van der Waals surface area contributed by atoms with Crippen molar-refractivity contribution in [3.8, 4) is 17.6 Å². The Kier molecular flexibility index (Phi) is 8.55. The molecule has 1 aliphatic rings. The predicted octanol–water partition coefficient (Wildman–Crippen LogP) is 3.52. The summed E-state index contributed by atoms with van der Waals surface area (Å²) in [6, 6.07) is 2.17. The first kappa shape index (κ1) is 21.3. The molecule has 1 unspecified atom stereocenters. The first-order valence-corrected chi connectivity index (χ1v) is 7.99. The number of nitrogens with zero attached hydrogens (tertiary/aromatic N) is 1. The number of rotatable bonds is 4. The van der Waals surface area contributed by atoms with Crippen LogP contribution in [0.15, 0.2) is 12.1 Å². The summed E-state index contributed by atoms with van der Waals surface area (Å²) >= 11 is 3.23. The van der Waals surface area contributed by atoms with E-state index in [4.69, 9.17) is 4.74 Å². The molecule has 0 aliphatic carbocycles. The summed E-state index contributed by atoms with van der Waals surface area (Å²) in [6.45, 7) is 3.73. The Hall–Kier alpha value is -0.766. The summed E-state index contributed by atoms with van der Waals surface area (Å²) in [5.41, 5.74) is -0.142. The SMILES string of the molecule is CC#CCOc1cc(F)c(C2=[C-]CC(Br)C(=O)N2CC)c(F)c1.[Y]. The number of carbonyl (C=O) groups is 1. The monoisotopic (exact) mass is 471 g/mol. The van der Waals surface area contributed by atoms with Crippen molar-refractivity contribution < 1.29 is 51.0 Å². The van der Waals surface area contributed by atoms with Crippen LogP contribution in [-0.2, 0) is 37.5 Å². The molecule has 1 atom stereocenters. The minimum atomic E-state index is -0.800. The molecule has 1 aromatic rings. The van der Waals surface area contributed by atoms with Gasteiger partial charge in [0, 0.05) is 39.3 Å². The van der Waals surface area contributed by atoms with Gasteiger partial charge < -0.3 is 9.64 Å². The Labute approximate surface area is 173 Å². The minimum absolute atomic E-state index is 0. The summed E-state index contributed by atoms with van der Waals surface area (Å²) in [6.07, 6.45) is 3.16. The molecule has 1 radical (unpaired) electrons. The van der Waals surface area contributed by atoms with Crippen LogP contribution in [-0.4, -0.2) is 28.8 Å². The van der Waals surface area contributed by atoms with Gasteiger partial charge in [0.2, 0.25) is 5.91 Å². The van der Waals surface area contributed by atoms with Gasteiger partial charge in [0.1, 0.15) is 12.4 Å². The Balaban J connectivity index is 0.00000288. The molecule has 7 heteroatoms. The van der Waals surface area contributed by atoms with Crippen molar-refractivity contribution in [2.24, 2.45) is 0 Å². The summed E-state index contributed by atoms with van der Waals surface area (Å²) in [5, 5.41) is 0. The third kappa shape index (κ3) is 4.65. The number of halogens is 3. The van der Waals surface area contributed by atoms with Crippen molar-refractivity contribution in [1.29, 1.82) is 0 Å². The van der Waals surface area contributed by atoms with Gasteiger partial charge in [-0.2, -0.15) is 0 Å². The van der Waals surface area contributed by atoms with Gasteiger partial charge >= 0.3 is 0 Å². The van der Waals surface area contributed by atoms with Gasteiger partial charge in [0.25, 0.3) is 0 Å². The molecule has 1 heterocycles. The second-order valence-corrected chi connectivity index (χ2v) is 5.86. The molecule has 24 heavy (non-hydrogen) atoms. The Morgan fingerprint density at radius 3 is 2.58 bits per heavy atom. The van der Waals surface area contributed by atoms with Gasteiger partial charge in [-0.15, -0.1) is 11.6 Å². The van der Waals surface area contributed by atoms with Crippen LogP contribution < -0.4 is 4.74 Å². The number of benzene rings is 1. The first-order chi connectivity index (χ1) is 11.0. The number of hydrogen-bond acceptors (Lipinski definition) is 2. The molecule has 1 amide bonds. The van der Waals surface area contributed by atoms with Crippen LogP contribution in [0.4, 0.5) is 8.78 Å². The molecule has 0 bridgehead atoms. The number of amides is 1. The minimum Gasteiger partial charge on any atom is -0.481 e. The van der Waals surface area contributed by atoms with Gasteiger partial charge in [0.05, 0.1) is 16.5 Å². The largest absolute Gasteiger partial charge is 0.481 e. The number of ether oxygens (including phenoxy) is 1. The maximum Gasteiger partial charge on any atom is 0.236 e. The smallest absolute Gasteiger partial charge is 0.236 e. The normalized spacial score (nSPS) is 16.7. The molecular formula is C17H15BrF2NO2Y-. The molecule has 0 fully saturated rings. The van der Waals surface area contributed by atoms with Crippen LogP contribution in [0.1, 0.15) is 25.8 Å². The molecule has 3 nitrogen and oxygen atoms in total. The molecule has 0 spiro atoms. The van der Waals surface area contributed by atoms with Crippen molar-refractivity contribution in [1.82, 2.24) is 4.90 Å². The summed E-state index contributed by atoms with van der Waals surface area (Å²) in [7, 11) is 0. The van der Waals surface area contributed by atoms with E-state index < -0.39 is 16.5 Å². The number of alkyl halides is 1. The molecular weight excluding hydrogens is 457 g/mol. The topological polar surface area (TPSA) is 29.5 Å². The summed E-state index contributed by atoms with van der Waals surface area (Å²) in [4.78, 5) is 13.0. The van der Waals surface area contributed by atoms with Crippen LogP contribution in [0.3, 0.4) is 0 Å². The van der Waals surface area contributed by atoms with Crippen LogP contribution in [0, 0.1) is 29.6 Å². The third-order valence-electron chi connectivity index (χ3n) is 3.31. The molecule has 1 aliphatic heterocycles. The van der Waals surface area contributed by atoms with E-state index in [1.807, 2.05) is 0 Å². The molecule has 125 valence electrons. The van der Waals surface area contributed by atoms with E-state index in [0.29, 0.717) is 6.54 Å². The van der Waals surface area contributed by atoms with E-state index in [-0.39, 0.29) is 68.7 Å². The van der Waals surface area contributed by atoms with E-state index in [1.54, 1.807) is 13.8 Å². The second kappa shape index (κ2) is 9.65. The average molecular weight is 472 g/mol. The summed E-state index contributed by atoms with van der Waals surface area (Å²) < 4.78 is 33.9. The van der Waals surface area contributed by atoms with Crippen molar-refractivity contribution in [2.75, 3.05) is 13.2 Å². The van der Waals surface area contributed by atoms with E-state index in [1.165, 1.54) is 4.90 Å². The number of carbonyl (C=O) groups excluding carboxylic acids is 1. The van der Waals surface area contributed by atoms with Crippen LogP contribution in [0.5, 0.6) is 5.75 Å². The Bertz CT molecular complexity index is 689. The number of allylic oxidation sites excluding steroid dienone is 1. The maximum absolute atomic E-state index is 14.4. The summed E-state index contributed by atoms with van der Waals surface area (Å²) in [5.74, 6) is 3.49. The fraction of sp³-hybridized carbons (Fsp3) is 0.353. The molecule has 0 saturated carbocycles. The van der Waals surface area contributed by atoms with E-state index in [2.05, 4.69) is 33.8 Å². The third-order valence-corrected chi connectivity index (χ3v) is 4.02.